The van der Waals surface area contributed by atoms with Crippen LogP contribution in [0.5, 0.6) is 11.5 Å². The molecule has 2 N–H and O–H groups in total. The van der Waals surface area contributed by atoms with Gasteiger partial charge in [-0.25, -0.2) is 0 Å². The summed E-state index contributed by atoms with van der Waals surface area (Å²) in [7, 11) is 1.44. The standard InChI is InChI=1S/C14H21NO4/c1-3-4-9-19-10-8-15-14(17)11-6-5-7-12(18-2)13(11)16/h5-7,16H,3-4,8-10H2,1-2H3,(H,15,17). The predicted octanol–water partition coefficient (Wildman–Crippen LogP) is 1.95. The second kappa shape index (κ2) is 8.37. The summed E-state index contributed by atoms with van der Waals surface area (Å²) in [6, 6.07) is 4.80. The third-order valence-electron chi connectivity index (χ3n) is 2.64. The smallest absolute Gasteiger partial charge is 0.255 e. The van der Waals surface area contributed by atoms with E-state index >= 15 is 0 Å². The molecule has 0 spiro atoms. The molecule has 0 fully saturated rings. The van der Waals surface area contributed by atoms with Crippen molar-refractivity contribution in [1.29, 1.82) is 0 Å². The Kier molecular flexibility index (Phi) is 6.74. The van der Waals surface area contributed by atoms with Crippen molar-refractivity contribution in [3.63, 3.8) is 0 Å². The molecule has 1 amide bonds. The van der Waals surface area contributed by atoms with Gasteiger partial charge in [0.05, 0.1) is 19.3 Å². The first-order valence-corrected chi connectivity index (χ1v) is 6.42. The van der Waals surface area contributed by atoms with Gasteiger partial charge in [0, 0.05) is 13.2 Å². The molecule has 5 heteroatoms. The zero-order chi connectivity index (χ0) is 14.1. The van der Waals surface area contributed by atoms with Crippen molar-refractivity contribution >= 4 is 5.91 Å². The molecule has 1 rings (SSSR count). The van der Waals surface area contributed by atoms with Crippen molar-refractivity contribution in [2.45, 2.75) is 19.8 Å². The molecule has 0 aliphatic heterocycles. The van der Waals surface area contributed by atoms with Crippen molar-refractivity contribution in [2.75, 3.05) is 26.9 Å². The minimum Gasteiger partial charge on any atom is -0.504 e. The molecule has 0 aliphatic rings. The van der Waals surface area contributed by atoms with Crippen LogP contribution in [0.3, 0.4) is 0 Å². The number of ether oxygens (including phenoxy) is 2. The lowest BCUT2D eigenvalue weighted by Gasteiger charge is -2.09. The van der Waals surface area contributed by atoms with Crippen LogP contribution in [0.2, 0.25) is 0 Å². The molecule has 1 aromatic carbocycles. The van der Waals surface area contributed by atoms with E-state index in [0.717, 1.165) is 12.8 Å². The molecule has 5 nitrogen and oxygen atoms in total. The van der Waals surface area contributed by atoms with Crippen molar-refractivity contribution < 1.29 is 19.4 Å². The van der Waals surface area contributed by atoms with Crippen LogP contribution in [0.15, 0.2) is 18.2 Å². The van der Waals surface area contributed by atoms with E-state index < -0.39 is 0 Å². The van der Waals surface area contributed by atoms with Crippen molar-refractivity contribution in [2.24, 2.45) is 0 Å². The lowest BCUT2D eigenvalue weighted by atomic mass is 10.1. The van der Waals surface area contributed by atoms with E-state index in [1.54, 1.807) is 18.2 Å². The monoisotopic (exact) mass is 267 g/mol. The number of unbranched alkanes of at least 4 members (excludes halogenated alkanes) is 1. The number of hydrogen-bond acceptors (Lipinski definition) is 4. The van der Waals surface area contributed by atoms with Crippen LogP contribution in [-0.2, 0) is 4.74 Å². The minimum absolute atomic E-state index is 0.144. The highest BCUT2D eigenvalue weighted by atomic mass is 16.5. The third kappa shape index (κ3) is 4.79. The van der Waals surface area contributed by atoms with Crippen molar-refractivity contribution in [1.82, 2.24) is 5.32 Å². The first-order valence-electron chi connectivity index (χ1n) is 6.42. The SMILES string of the molecule is CCCCOCCNC(=O)c1cccc(OC)c1O. The van der Waals surface area contributed by atoms with Crippen molar-refractivity contribution in [3.8, 4) is 11.5 Å². The molecule has 0 heterocycles. The largest absolute Gasteiger partial charge is 0.504 e. The summed E-state index contributed by atoms with van der Waals surface area (Å²) in [5.74, 6) is -0.197. The van der Waals surface area contributed by atoms with Crippen LogP contribution in [-0.4, -0.2) is 37.9 Å². The fourth-order valence-corrected chi connectivity index (χ4v) is 1.55. The van der Waals surface area contributed by atoms with Gasteiger partial charge in [0.2, 0.25) is 0 Å². The molecule has 0 aromatic heterocycles. The highest BCUT2D eigenvalue weighted by molar-refractivity contribution is 5.97. The molecule has 0 saturated heterocycles. The topological polar surface area (TPSA) is 67.8 Å². The summed E-state index contributed by atoms with van der Waals surface area (Å²) < 4.78 is 10.3. The quantitative estimate of drug-likeness (QED) is 0.706. The third-order valence-corrected chi connectivity index (χ3v) is 2.64. The molecule has 0 aliphatic carbocycles. The molecule has 1 aromatic rings. The Labute approximate surface area is 113 Å². The average molecular weight is 267 g/mol. The van der Waals surface area contributed by atoms with E-state index in [0.29, 0.717) is 19.8 Å². The number of benzene rings is 1. The van der Waals surface area contributed by atoms with Gasteiger partial charge in [0.25, 0.3) is 5.91 Å². The summed E-state index contributed by atoms with van der Waals surface area (Å²) in [4.78, 5) is 11.8. The van der Waals surface area contributed by atoms with E-state index in [9.17, 15) is 9.90 Å². The molecule has 0 unspecified atom stereocenters. The number of carbonyl (C=O) groups is 1. The molecule has 19 heavy (non-hydrogen) atoms. The number of nitrogens with one attached hydrogen (secondary N) is 1. The van der Waals surface area contributed by atoms with Crippen LogP contribution in [0.25, 0.3) is 0 Å². The number of carbonyl (C=O) groups excluding carboxylic acids is 1. The Hall–Kier alpha value is -1.75. The highest BCUT2D eigenvalue weighted by Gasteiger charge is 2.13. The van der Waals surface area contributed by atoms with Gasteiger partial charge in [-0.3, -0.25) is 4.79 Å². The number of methoxy groups -OCH3 is 1. The Morgan fingerprint density at radius 3 is 2.84 bits per heavy atom. The molecule has 0 saturated carbocycles. The molecule has 0 bridgehead atoms. The minimum atomic E-state index is -0.338. The van der Waals surface area contributed by atoms with Gasteiger partial charge in [-0.1, -0.05) is 19.4 Å². The predicted molar refractivity (Wildman–Crippen MR) is 72.7 cm³/mol. The second-order valence-corrected chi connectivity index (χ2v) is 4.08. The summed E-state index contributed by atoms with van der Waals surface area (Å²) >= 11 is 0. The van der Waals surface area contributed by atoms with Gasteiger partial charge in [-0.2, -0.15) is 0 Å². The lowest BCUT2D eigenvalue weighted by Crippen LogP contribution is -2.27. The summed E-state index contributed by atoms with van der Waals surface area (Å²) in [6.45, 7) is 3.68. The Bertz CT molecular complexity index is 406. The summed E-state index contributed by atoms with van der Waals surface area (Å²) in [5.41, 5.74) is 0.202. The second-order valence-electron chi connectivity index (χ2n) is 4.08. The lowest BCUT2D eigenvalue weighted by molar-refractivity contribution is 0.0909. The number of phenols is 1. The van der Waals surface area contributed by atoms with Crippen molar-refractivity contribution in [3.05, 3.63) is 23.8 Å². The maximum atomic E-state index is 11.8. The maximum absolute atomic E-state index is 11.8. The highest BCUT2D eigenvalue weighted by Crippen LogP contribution is 2.28. The number of para-hydroxylation sites is 1. The molecule has 106 valence electrons. The first kappa shape index (κ1) is 15.3. The fourth-order valence-electron chi connectivity index (χ4n) is 1.55. The average Bonchev–Trinajstić information content (AvgIpc) is 2.42. The summed E-state index contributed by atoms with van der Waals surface area (Å²) in [6.07, 6.45) is 2.11. The fraction of sp³-hybridized carbons (Fsp3) is 0.500. The van der Waals surface area contributed by atoms with Gasteiger partial charge >= 0.3 is 0 Å². The van der Waals surface area contributed by atoms with Gasteiger partial charge in [0.1, 0.15) is 0 Å². The van der Waals surface area contributed by atoms with Crippen LogP contribution in [0.4, 0.5) is 0 Å². The first-order chi connectivity index (χ1) is 9.20. The zero-order valence-electron chi connectivity index (χ0n) is 11.4. The molecule has 0 radical (unpaired) electrons. The number of rotatable bonds is 8. The Morgan fingerprint density at radius 1 is 1.37 bits per heavy atom. The number of phenolic OH excluding ortho intramolecular Hbond substituents is 1. The maximum Gasteiger partial charge on any atom is 0.255 e. The Morgan fingerprint density at radius 2 is 2.16 bits per heavy atom. The van der Waals surface area contributed by atoms with E-state index in [1.165, 1.54) is 7.11 Å². The number of aromatic hydroxyl groups is 1. The van der Waals surface area contributed by atoms with Crippen LogP contribution in [0, 0.1) is 0 Å². The van der Waals surface area contributed by atoms with Crippen LogP contribution in [0.1, 0.15) is 30.1 Å². The normalized spacial score (nSPS) is 10.2. The number of amides is 1. The van der Waals surface area contributed by atoms with Crippen LogP contribution < -0.4 is 10.1 Å². The van der Waals surface area contributed by atoms with E-state index in [2.05, 4.69) is 12.2 Å². The number of hydrogen-bond donors (Lipinski definition) is 2. The van der Waals surface area contributed by atoms with E-state index in [4.69, 9.17) is 9.47 Å². The van der Waals surface area contributed by atoms with Gasteiger partial charge in [-0.15, -0.1) is 0 Å². The van der Waals surface area contributed by atoms with E-state index in [1.807, 2.05) is 0 Å². The van der Waals surface area contributed by atoms with Gasteiger partial charge in [0.15, 0.2) is 11.5 Å². The van der Waals surface area contributed by atoms with Crippen LogP contribution >= 0.6 is 0 Å². The molecule has 0 atom stereocenters. The Balaban J connectivity index is 2.41. The van der Waals surface area contributed by atoms with Gasteiger partial charge < -0.3 is 19.9 Å². The van der Waals surface area contributed by atoms with Gasteiger partial charge in [-0.05, 0) is 18.6 Å². The summed E-state index contributed by atoms with van der Waals surface area (Å²) in [5, 5.41) is 12.5. The van der Waals surface area contributed by atoms with E-state index in [-0.39, 0.29) is 23.0 Å². The molecular weight excluding hydrogens is 246 g/mol. The zero-order valence-corrected chi connectivity index (χ0v) is 11.4. The molecular formula is C14H21NO4.